The van der Waals surface area contributed by atoms with Crippen LogP contribution in [0, 0.1) is 5.92 Å². The molecule has 0 spiro atoms. The van der Waals surface area contributed by atoms with Gasteiger partial charge in [-0.05, 0) is 165 Å². The van der Waals surface area contributed by atoms with Gasteiger partial charge in [0.05, 0.1) is 5.69 Å². The van der Waals surface area contributed by atoms with E-state index >= 15 is 0 Å². The monoisotopic (exact) mass is 982 g/mol. The molecule has 0 bridgehead atoms. The van der Waals surface area contributed by atoms with E-state index in [9.17, 15) is 0 Å². The maximum atomic E-state index is 2.47. The first-order chi connectivity index (χ1) is 36.9. The van der Waals surface area contributed by atoms with Crippen molar-refractivity contribution in [3.05, 3.63) is 264 Å². The Morgan fingerprint density at radius 1 is 0.434 bits per heavy atom. The Labute approximate surface area is 451 Å². The quantitative estimate of drug-likeness (QED) is 0.139. The van der Waals surface area contributed by atoms with Crippen molar-refractivity contribution in [2.75, 3.05) is 4.90 Å². The first-order valence-electron chi connectivity index (χ1n) is 27.4. The summed E-state index contributed by atoms with van der Waals surface area (Å²) in [6, 6.07) is 78.0. The second-order valence-corrected chi connectivity index (χ2v) is 23.3. The van der Waals surface area contributed by atoms with Crippen molar-refractivity contribution in [2.24, 2.45) is 5.92 Å². The third kappa shape index (κ3) is 9.23. The maximum Gasteiger partial charge on any atom is 0.0540 e. The molecule has 1 nitrogen and oxygen atoms in total. The van der Waals surface area contributed by atoms with E-state index in [-0.39, 0.29) is 10.8 Å². The fraction of sp³-hybridized carbons (Fsp3) is 0.173. The summed E-state index contributed by atoms with van der Waals surface area (Å²) >= 11 is 0. The molecule has 0 saturated heterocycles. The van der Waals surface area contributed by atoms with Crippen molar-refractivity contribution < 1.29 is 0 Å². The fourth-order valence-electron chi connectivity index (χ4n) is 11.9. The molecular weight excluding hydrogens is 915 g/mol. The highest BCUT2D eigenvalue weighted by atomic mass is 15.1. The number of rotatable bonds is 9. The molecule has 0 amide bonds. The highest BCUT2D eigenvalue weighted by Gasteiger charge is 2.25. The summed E-state index contributed by atoms with van der Waals surface area (Å²) in [5.74, 6) is 0.726. The second kappa shape index (κ2) is 19.8. The molecule has 372 valence electrons. The van der Waals surface area contributed by atoms with Crippen LogP contribution in [0.3, 0.4) is 0 Å². The van der Waals surface area contributed by atoms with Crippen LogP contribution in [0.15, 0.2) is 237 Å². The normalized spacial score (nSPS) is 15.3. The predicted octanol–water partition coefficient (Wildman–Crippen LogP) is 21.2. The summed E-state index contributed by atoms with van der Waals surface area (Å²) in [5, 5.41) is 5.09. The first-order valence-corrected chi connectivity index (χ1v) is 27.4. The van der Waals surface area contributed by atoms with Crippen molar-refractivity contribution in [1.29, 1.82) is 0 Å². The van der Waals surface area contributed by atoms with Gasteiger partial charge in [0.1, 0.15) is 0 Å². The molecule has 0 aromatic heterocycles. The van der Waals surface area contributed by atoms with E-state index in [4.69, 9.17) is 0 Å². The van der Waals surface area contributed by atoms with Gasteiger partial charge in [-0.2, -0.15) is 0 Å². The van der Waals surface area contributed by atoms with Gasteiger partial charge in [0.2, 0.25) is 0 Å². The molecule has 10 aromatic rings. The van der Waals surface area contributed by atoms with Crippen LogP contribution >= 0.6 is 0 Å². The standard InChI is InChI=1S/C75H67N/c1-50-20-11-13-26-62(50)67-45-39-56(48-71(67)52-21-9-8-10-22-52)51-34-40-60(41-35-51)76(61-42-36-54(37-43-61)64-29-19-31-66-63-27-14-12-23-53(63)38-44-68(64)66)72-33-16-15-28-69(72)70-32-18-25-55-24-17-30-65(73(55)70)57-46-58(74(2,3)4)49-59(47-57)75(5,6)7/h8-11,13-22,24-50,62H,12,23H2,1-7H3. The van der Waals surface area contributed by atoms with E-state index in [0.29, 0.717) is 11.8 Å². The highest BCUT2D eigenvalue weighted by molar-refractivity contribution is 6.09. The molecule has 12 rings (SSSR count). The van der Waals surface area contributed by atoms with Gasteiger partial charge < -0.3 is 4.90 Å². The van der Waals surface area contributed by atoms with Gasteiger partial charge in [-0.25, -0.2) is 0 Å². The van der Waals surface area contributed by atoms with E-state index in [1.807, 2.05) is 0 Å². The van der Waals surface area contributed by atoms with Gasteiger partial charge in [-0.3, -0.25) is 0 Å². The van der Waals surface area contributed by atoms with Gasteiger partial charge in [0.25, 0.3) is 0 Å². The van der Waals surface area contributed by atoms with E-state index in [2.05, 4.69) is 296 Å². The minimum absolute atomic E-state index is 0.0112. The van der Waals surface area contributed by atoms with Gasteiger partial charge in [-0.15, -0.1) is 0 Å². The summed E-state index contributed by atoms with van der Waals surface area (Å²) < 4.78 is 0. The van der Waals surface area contributed by atoms with Crippen LogP contribution in [0.2, 0.25) is 0 Å². The zero-order chi connectivity index (χ0) is 52.1. The van der Waals surface area contributed by atoms with Crippen LogP contribution in [0.5, 0.6) is 0 Å². The molecule has 76 heavy (non-hydrogen) atoms. The molecule has 0 N–H and O–H groups in total. The molecule has 10 aromatic carbocycles. The summed E-state index contributed by atoms with van der Waals surface area (Å²) in [5.41, 5.74) is 22.4. The number of anilines is 3. The van der Waals surface area contributed by atoms with Crippen molar-refractivity contribution in [3.8, 4) is 55.6 Å². The fourth-order valence-corrected chi connectivity index (χ4v) is 11.9. The number of nitrogens with zero attached hydrogens (tertiary/aromatic N) is 1. The number of aryl methyl sites for hydroxylation is 1. The Kier molecular flexibility index (Phi) is 12.7. The van der Waals surface area contributed by atoms with Crippen molar-refractivity contribution in [2.45, 2.75) is 78.1 Å². The molecule has 0 radical (unpaired) electrons. The molecular formula is C75H67N. The van der Waals surface area contributed by atoms with E-state index in [1.165, 1.54) is 105 Å². The van der Waals surface area contributed by atoms with Crippen LogP contribution in [-0.4, -0.2) is 0 Å². The number of benzene rings is 10. The van der Waals surface area contributed by atoms with Crippen molar-refractivity contribution in [1.82, 2.24) is 0 Å². The van der Waals surface area contributed by atoms with Crippen LogP contribution in [0.25, 0.3) is 83.3 Å². The van der Waals surface area contributed by atoms with Crippen LogP contribution in [0.4, 0.5) is 17.1 Å². The lowest BCUT2D eigenvalue weighted by Gasteiger charge is -2.29. The minimum atomic E-state index is -0.0112. The van der Waals surface area contributed by atoms with E-state index in [1.54, 1.807) is 0 Å². The third-order valence-electron chi connectivity index (χ3n) is 16.2. The van der Waals surface area contributed by atoms with Crippen molar-refractivity contribution >= 4 is 44.7 Å². The molecule has 2 aliphatic carbocycles. The average Bonchev–Trinajstić information content (AvgIpc) is 3.48. The van der Waals surface area contributed by atoms with Crippen molar-refractivity contribution in [3.63, 3.8) is 0 Å². The molecule has 0 heterocycles. The lowest BCUT2D eigenvalue weighted by atomic mass is 9.78. The first kappa shape index (κ1) is 48.7. The molecule has 0 aliphatic heterocycles. The summed E-state index contributed by atoms with van der Waals surface area (Å²) in [6.07, 6.45) is 15.9. The number of allylic oxidation sites excluding steroid dienone is 5. The van der Waals surface area contributed by atoms with Crippen LogP contribution in [0.1, 0.15) is 88.6 Å². The third-order valence-corrected chi connectivity index (χ3v) is 16.2. The summed E-state index contributed by atoms with van der Waals surface area (Å²) in [6.45, 7) is 16.3. The Hall–Kier alpha value is -8.26. The SMILES string of the molecule is CC1C=CC=CC1c1ccc(-c2ccc(N(c3ccc(-c4cccc5c6c(ccc45)CCC=C6)cc3)c3ccccc3-c3cccc4cccc(-c5cc(C(C)(C)C)cc(C(C)(C)C)c5)c34)cc2)cc1-c1ccccc1. The summed E-state index contributed by atoms with van der Waals surface area (Å²) in [7, 11) is 0. The number of para-hydroxylation sites is 1. The largest absolute Gasteiger partial charge is 0.310 e. The molecule has 0 saturated carbocycles. The van der Waals surface area contributed by atoms with Gasteiger partial charge in [-0.1, -0.05) is 255 Å². The lowest BCUT2D eigenvalue weighted by molar-refractivity contribution is 0.569. The van der Waals surface area contributed by atoms with Crippen LogP contribution < -0.4 is 4.90 Å². The Bertz CT molecular complexity index is 3850. The van der Waals surface area contributed by atoms with Gasteiger partial charge in [0, 0.05) is 22.9 Å². The molecule has 2 aliphatic rings. The Morgan fingerprint density at radius 3 is 1.75 bits per heavy atom. The molecule has 1 heteroatoms. The number of hydrogen-bond donors (Lipinski definition) is 0. The van der Waals surface area contributed by atoms with E-state index < -0.39 is 0 Å². The van der Waals surface area contributed by atoms with E-state index in [0.717, 1.165) is 29.9 Å². The molecule has 2 atom stereocenters. The predicted molar refractivity (Wildman–Crippen MR) is 328 cm³/mol. The lowest BCUT2D eigenvalue weighted by Crippen LogP contribution is -2.16. The smallest absolute Gasteiger partial charge is 0.0540 e. The maximum absolute atomic E-state index is 2.47. The average molecular weight is 982 g/mol. The number of fused-ring (bicyclic) bond motifs is 4. The summed E-state index contributed by atoms with van der Waals surface area (Å²) in [4.78, 5) is 2.47. The van der Waals surface area contributed by atoms with Crippen LogP contribution in [-0.2, 0) is 17.3 Å². The zero-order valence-corrected chi connectivity index (χ0v) is 45.1. The Morgan fingerprint density at radius 2 is 1.04 bits per heavy atom. The number of hydrogen-bond acceptors (Lipinski definition) is 1. The van der Waals surface area contributed by atoms with Gasteiger partial charge in [0.15, 0.2) is 0 Å². The molecule has 2 unspecified atom stereocenters. The second-order valence-electron chi connectivity index (χ2n) is 23.3. The van der Waals surface area contributed by atoms with Gasteiger partial charge >= 0.3 is 0 Å². The topological polar surface area (TPSA) is 3.24 Å². The Balaban J connectivity index is 1.01. The minimum Gasteiger partial charge on any atom is -0.310 e. The highest BCUT2D eigenvalue weighted by Crippen LogP contribution is 2.47. The molecule has 0 fully saturated rings. The zero-order valence-electron chi connectivity index (χ0n) is 45.1.